The van der Waals surface area contributed by atoms with Gasteiger partial charge in [-0.2, -0.15) is 8.78 Å². The Kier molecular flexibility index (Phi) is 15.8. The van der Waals surface area contributed by atoms with Crippen LogP contribution in [-0.2, 0) is 35.1 Å². The van der Waals surface area contributed by atoms with Gasteiger partial charge in [0, 0.05) is 32.6 Å². The van der Waals surface area contributed by atoms with Gasteiger partial charge < -0.3 is 30.7 Å². The Balaban J connectivity index is 1.75. The first kappa shape index (κ1) is 40.5. The third kappa shape index (κ3) is 13.4. The molecule has 0 spiro atoms. The molecule has 278 valence electrons. The zero-order valence-corrected chi connectivity index (χ0v) is 29.4. The molecule has 4 amide bonds. The average molecular weight is 706 g/mol. The summed E-state index contributed by atoms with van der Waals surface area (Å²) in [7, 11) is 0. The normalized spacial score (nSPS) is 17.8. The van der Waals surface area contributed by atoms with Crippen LogP contribution in [-0.4, -0.2) is 104 Å². The minimum absolute atomic E-state index is 0.0595. The molecule has 2 fully saturated rings. The van der Waals surface area contributed by atoms with E-state index in [1.165, 1.54) is 6.08 Å². The van der Waals surface area contributed by atoms with Gasteiger partial charge in [-0.1, -0.05) is 68.5 Å². The van der Waals surface area contributed by atoms with Crippen molar-refractivity contribution in [3.63, 3.8) is 0 Å². The average Bonchev–Trinajstić information content (AvgIpc) is 3.07. The molecule has 1 aliphatic carbocycles. The van der Waals surface area contributed by atoms with Crippen LogP contribution in [0.1, 0.15) is 71.3 Å². The molecule has 1 aromatic carbocycles. The molecular formula is C36H53F2N5O7. The number of nitrogens with zero attached hydrogens (tertiary/aromatic N) is 1. The van der Waals surface area contributed by atoms with E-state index in [1.54, 1.807) is 51.1 Å². The number of halogens is 2. The number of hydrogen-bond acceptors (Lipinski definition) is 8. The molecule has 0 bridgehead atoms. The lowest BCUT2D eigenvalue weighted by molar-refractivity contribution is -0.160. The first-order valence-electron chi connectivity index (χ1n) is 17.4. The van der Waals surface area contributed by atoms with E-state index in [9.17, 15) is 24.0 Å². The Labute approximate surface area is 293 Å². The predicted octanol–water partition coefficient (Wildman–Crippen LogP) is 3.29. The number of alkyl carbamates (subject to hydrolysis) is 1. The van der Waals surface area contributed by atoms with Crippen molar-refractivity contribution in [3.8, 4) is 0 Å². The van der Waals surface area contributed by atoms with Crippen molar-refractivity contribution >= 4 is 29.6 Å². The highest BCUT2D eigenvalue weighted by Crippen LogP contribution is 2.29. The number of Topliss-reactive ketones (excluding diaryl/α,β-unsaturated/α-hetero) is 1. The smallest absolute Gasteiger partial charge is 0.408 e. The van der Waals surface area contributed by atoms with Crippen molar-refractivity contribution in [1.82, 2.24) is 26.2 Å². The Morgan fingerprint density at radius 2 is 1.56 bits per heavy atom. The van der Waals surface area contributed by atoms with Gasteiger partial charge in [-0.15, -0.1) is 6.58 Å². The molecule has 0 unspecified atom stereocenters. The van der Waals surface area contributed by atoms with Crippen LogP contribution < -0.4 is 21.3 Å². The molecule has 4 N–H and O–H groups in total. The second-order valence-electron chi connectivity index (χ2n) is 13.9. The summed E-state index contributed by atoms with van der Waals surface area (Å²) >= 11 is 0. The SMILES string of the molecule is C=CC[C@H](NC(=O)[C@H](Cc1ccccc1)NC(=O)OC(C)(C)C)C(=O)N[C@@H](CC1CCCCC1)C(=O)C(F)(F)C(=O)NCCN1CCOCC1. The number of amides is 4. The fourth-order valence-electron chi connectivity index (χ4n) is 6.03. The second kappa shape index (κ2) is 19.5. The topological polar surface area (TPSA) is 155 Å². The van der Waals surface area contributed by atoms with Gasteiger partial charge in [-0.05, 0) is 45.1 Å². The molecular weight excluding hydrogens is 652 g/mol. The van der Waals surface area contributed by atoms with Gasteiger partial charge in [0.15, 0.2) is 0 Å². The zero-order chi connectivity index (χ0) is 36.7. The standard InChI is InChI=1S/C36H53F2N5O7/c1-5-12-27(40-32(46)29(24-26-15-10-7-11-16-26)42-34(48)50-35(2,3)4)31(45)41-28(23-25-13-8-6-9-14-25)30(44)36(37,38)33(47)39-17-18-43-19-21-49-22-20-43/h5,7,10-11,15-16,25,27-29H,1,6,8-9,12-14,17-24H2,2-4H3,(H,39,47)(H,40,46)(H,41,45)(H,42,48)/t27-,28-,29-/m0/s1. The highest BCUT2D eigenvalue weighted by atomic mass is 19.3. The summed E-state index contributed by atoms with van der Waals surface area (Å²) in [6.45, 7) is 11.1. The summed E-state index contributed by atoms with van der Waals surface area (Å²) in [6.07, 6.45) is 4.50. The number of benzene rings is 1. The number of carbonyl (C=O) groups is 5. The van der Waals surface area contributed by atoms with Gasteiger partial charge in [0.25, 0.3) is 5.91 Å². The summed E-state index contributed by atoms with van der Waals surface area (Å²) < 4.78 is 41.5. The highest BCUT2D eigenvalue weighted by molar-refractivity contribution is 6.10. The van der Waals surface area contributed by atoms with E-state index in [2.05, 4.69) is 27.8 Å². The lowest BCUT2D eigenvalue weighted by Crippen LogP contribution is -2.59. The minimum Gasteiger partial charge on any atom is -0.444 e. The maximum atomic E-state index is 15.5. The minimum atomic E-state index is -4.41. The van der Waals surface area contributed by atoms with Crippen LogP contribution in [0.5, 0.6) is 0 Å². The molecule has 0 radical (unpaired) electrons. The summed E-state index contributed by atoms with van der Waals surface area (Å²) in [5.74, 6) is -9.59. The van der Waals surface area contributed by atoms with Crippen LogP contribution in [0, 0.1) is 5.92 Å². The molecule has 0 aromatic heterocycles. The number of hydrogen-bond donors (Lipinski definition) is 4. The van der Waals surface area contributed by atoms with E-state index < -0.39 is 59.2 Å². The Morgan fingerprint density at radius 1 is 0.940 bits per heavy atom. The Bertz CT molecular complexity index is 1300. The van der Waals surface area contributed by atoms with Gasteiger partial charge in [-0.3, -0.25) is 24.1 Å². The van der Waals surface area contributed by atoms with Crippen LogP contribution in [0.25, 0.3) is 0 Å². The van der Waals surface area contributed by atoms with Crippen LogP contribution in [0.4, 0.5) is 13.6 Å². The third-order valence-corrected chi connectivity index (χ3v) is 8.66. The van der Waals surface area contributed by atoms with Crippen molar-refractivity contribution < 1.29 is 42.2 Å². The fourth-order valence-corrected chi connectivity index (χ4v) is 6.03. The van der Waals surface area contributed by atoms with Gasteiger partial charge >= 0.3 is 12.0 Å². The first-order chi connectivity index (χ1) is 23.7. The number of nitrogens with one attached hydrogen (secondary N) is 4. The Hall–Kier alpha value is -3.91. The first-order valence-corrected chi connectivity index (χ1v) is 17.4. The number of ether oxygens (including phenoxy) is 2. The van der Waals surface area contributed by atoms with Gasteiger partial charge in [-0.25, -0.2) is 4.79 Å². The summed E-state index contributed by atoms with van der Waals surface area (Å²) in [5.41, 5.74) is -0.123. The quantitative estimate of drug-likeness (QED) is 0.142. The number of carbonyl (C=O) groups excluding carboxylic acids is 5. The second-order valence-corrected chi connectivity index (χ2v) is 13.9. The maximum absolute atomic E-state index is 15.5. The van der Waals surface area contributed by atoms with Gasteiger partial charge in [0.1, 0.15) is 17.7 Å². The predicted molar refractivity (Wildman–Crippen MR) is 183 cm³/mol. The van der Waals surface area contributed by atoms with Gasteiger partial charge in [0.05, 0.1) is 19.3 Å². The molecule has 1 aromatic rings. The molecule has 3 atom stereocenters. The zero-order valence-electron chi connectivity index (χ0n) is 29.4. The molecule has 14 heteroatoms. The van der Waals surface area contributed by atoms with Crippen LogP contribution in [0.2, 0.25) is 0 Å². The lowest BCUT2D eigenvalue weighted by Gasteiger charge is -2.30. The van der Waals surface area contributed by atoms with Crippen LogP contribution in [0.15, 0.2) is 43.0 Å². The molecule has 12 nitrogen and oxygen atoms in total. The summed E-state index contributed by atoms with van der Waals surface area (Å²) in [5, 5.41) is 9.76. The molecule has 1 heterocycles. The highest BCUT2D eigenvalue weighted by Gasteiger charge is 2.51. The maximum Gasteiger partial charge on any atom is 0.408 e. The number of alkyl halides is 2. The van der Waals surface area contributed by atoms with Crippen molar-refractivity contribution in [3.05, 3.63) is 48.6 Å². The lowest BCUT2D eigenvalue weighted by atomic mass is 9.83. The molecule has 1 saturated carbocycles. The Morgan fingerprint density at radius 3 is 2.18 bits per heavy atom. The fraction of sp³-hybridized carbons (Fsp3) is 0.639. The van der Waals surface area contributed by atoms with Crippen molar-refractivity contribution in [1.29, 1.82) is 0 Å². The van der Waals surface area contributed by atoms with Crippen LogP contribution >= 0.6 is 0 Å². The van der Waals surface area contributed by atoms with Crippen molar-refractivity contribution in [2.24, 2.45) is 5.92 Å². The van der Waals surface area contributed by atoms with Gasteiger partial charge in [0.2, 0.25) is 17.6 Å². The van der Waals surface area contributed by atoms with E-state index in [4.69, 9.17) is 9.47 Å². The molecule has 1 aliphatic heterocycles. The molecule has 3 rings (SSSR count). The summed E-state index contributed by atoms with van der Waals surface area (Å²) in [6, 6.07) is 4.71. The summed E-state index contributed by atoms with van der Waals surface area (Å²) in [4.78, 5) is 67.9. The van der Waals surface area contributed by atoms with E-state index in [-0.39, 0.29) is 31.7 Å². The molecule has 1 saturated heterocycles. The van der Waals surface area contributed by atoms with E-state index >= 15 is 8.78 Å². The van der Waals surface area contributed by atoms with E-state index in [0.717, 1.165) is 24.8 Å². The van der Waals surface area contributed by atoms with E-state index in [0.29, 0.717) is 45.7 Å². The number of ketones is 1. The number of rotatable bonds is 17. The third-order valence-electron chi connectivity index (χ3n) is 8.66. The van der Waals surface area contributed by atoms with Crippen LogP contribution in [0.3, 0.4) is 0 Å². The molecule has 50 heavy (non-hydrogen) atoms. The largest absolute Gasteiger partial charge is 0.444 e. The van der Waals surface area contributed by atoms with E-state index in [1.807, 2.05) is 4.90 Å². The number of morpholine rings is 1. The monoisotopic (exact) mass is 705 g/mol. The molecule has 2 aliphatic rings. The van der Waals surface area contributed by atoms with Crippen molar-refractivity contribution in [2.75, 3.05) is 39.4 Å². The van der Waals surface area contributed by atoms with Crippen molar-refractivity contribution in [2.45, 2.75) is 102 Å².